The molecular formula is C31H31N5O. The number of hydrogen-bond donors (Lipinski definition) is 1. The molecule has 0 bridgehead atoms. The minimum Gasteiger partial charge on any atom is -0.347 e. The fourth-order valence-corrected chi connectivity index (χ4v) is 5.15. The van der Waals surface area contributed by atoms with Gasteiger partial charge in [0.1, 0.15) is 5.69 Å². The normalized spacial score (nSPS) is 15.8. The Kier molecular flexibility index (Phi) is 7.73. The van der Waals surface area contributed by atoms with Gasteiger partial charge in [0.15, 0.2) is 0 Å². The number of aromatic nitrogens is 2. The summed E-state index contributed by atoms with van der Waals surface area (Å²) in [7, 11) is 0. The molecular weight excluding hydrogens is 458 g/mol. The highest BCUT2D eigenvalue weighted by Gasteiger charge is 2.26. The monoisotopic (exact) mass is 489 g/mol. The van der Waals surface area contributed by atoms with E-state index in [0.29, 0.717) is 17.8 Å². The maximum Gasteiger partial charge on any atom is 0.269 e. The molecule has 1 fully saturated rings. The van der Waals surface area contributed by atoms with Crippen LogP contribution in [0.2, 0.25) is 0 Å². The van der Waals surface area contributed by atoms with Crippen molar-refractivity contribution in [3.63, 3.8) is 0 Å². The molecule has 1 atom stereocenters. The second-order valence-corrected chi connectivity index (χ2v) is 9.66. The molecule has 2 heterocycles. The Morgan fingerprint density at radius 2 is 1.68 bits per heavy atom. The quantitative estimate of drug-likeness (QED) is 0.385. The first kappa shape index (κ1) is 24.5. The first-order valence-electron chi connectivity index (χ1n) is 12.8. The van der Waals surface area contributed by atoms with E-state index in [1.807, 2.05) is 16.7 Å². The number of imidazole rings is 1. The van der Waals surface area contributed by atoms with E-state index in [9.17, 15) is 4.79 Å². The second kappa shape index (κ2) is 11.7. The van der Waals surface area contributed by atoms with Crippen LogP contribution >= 0.6 is 0 Å². The van der Waals surface area contributed by atoms with Crippen LogP contribution in [0.5, 0.6) is 0 Å². The van der Waals surface area contributed by atoms with Gasteiger partial charge in [-0.25, -0.2) is 4.98 Å². The average molecular weight is 490 g/mol. The van der Waals surface area contributed by atoms with Gasteiger partial charge in [-0.2, -0.15) is 5.26 Å². The van der Waals surface area contributed by atoms with E-state index in [1.54, 1.807) is 24.7 Å². The number of nitriles is 1. The smallest absolute Gasteiger partial charge is 0.269 e. The van der Waals surface area contributed by atoms with Gasteiger partial charge < -0.3 is 14.8 Å². The van der Waals surface area contributed by atoms with Gasteiger partial charge in [-0.15, -0.1) is 0 Å². The first-order chi connectivity index (χ1) is 18.2. The van der Waals surface area contributed by atoms with Gasteiger partial charge in [0, 0.05) is 31.6 Å². The van der Waals surface area contributed by atoms with Gasteiger partial charge in [0.25, 0.3) is 5.91 Å². The summed E-state index contributed by atoms with van der Waals surface area (Å²) < 4.78 is 1.86. The average Bonchev–Trinajstić information content (AvgIpc) is 3.42. The minimum atomic E-state index is -0.0966. The molecule has 1 N–H and O–H groups in total. The maximum absolute atomic E-state index is 13.2. The summed E-state index contributed by atoms with van der Waals surface area (Å²) in [5, 5.41) is 12.3. The molecule has 1 aromatic heterocycles. The van der Waals surface area contributed by atoms with Gasteiger partial charge in [0.2, 0.25) is 0 Å². The lowest BCUT2D eigenvalue weighted by molar-refractivity contribution is 0.0893. The molecule has 1 aliphatic heterocycles. The predicted octanol–water partition coefficient (Wildman–Crippen LogP) is 4.83. The number of carbonyl (C=O) groups is 1. The summed E-state index contributed by atoms with van der Waals surface area (Å²) in [6.07, 6.45) is 5.32. The lowest BCUT2D eigenvalue weighted by Gasteiger charge is -2.35. The SMILES string of the molecule is N#Cc1ccc(Cn2cncc2C(=O)NC2CCCN(CC(c3ccccc3)c3ccccc3)C2)cc1. The molecule has 0 spiro atoms. The van der Waals surface area contributed by atoms with Crippen molar-refractivity contribution < 1.29 is 4.79 Å². The molecule has 0 radical (unpaired) electrons. The minimum absolute atomic E-state index is 0.0895. The molecule has 3 aromatic carbocycles. The molecule has 6 nitrogen and oxygen atoms in total. The number of amides is 1. The van der Waals surface area contributed by atoms with Crippen molar-refractivity contribution in [1.82, 2.24) is 19.8 Å². The Labute approximate surface area is 218 Å². The summed E-state index contributed by atoms with van der Waals surface area (Å²) in [6, 6.07) is 31.0. The zero-order valence-corrected chi connectivity index (χ0v) is 20.8. The molecule has 0 aliphatic carbocycles. The van der Waals surface area contributed by atoms with E-state index in [4.69, 9.17) is 5.26 Å². The van der Waals surface area contributed by atoms with Crippen LogP contribution in [0.25, 0.3) is 0 Å². The number of carbonyl (C=O) groups excluding carboxylic acids is 1. The van der Waals surface area contributed by atoms with Crippen LogP contribution in [0.3, 0.4) is 0 Å². The van der Waals surface area contributed by atoms with Crippen molar-refractivity contribution in [2.45, 2.75) is 31.3 Å². The summed E-state index contributed by atoms with van der Waals surface area (Å²) >= 11 is 0. The van der Waals surface area contributed by atoms with Gasteiger partial charge in [-0.05, 0) is 48.2 Å². The van der Waals surface area contributed by atoms with Crippen molar-refractivity contribution in [3.8, 4) is 6.07 Å². The molecule has 4 aromatic rings. The van der Waals surface area contributed by atoms with Crippen molar-refractivity contribution in [2.75, 3.05) is 19.6 Å². The Morgan fingerprint density at radius 3 is 2.32 bits per heavy atom. The lowest BCUT2D eigenvalue weighted by atomic mass is 9.90. The lowest BCUT2D eigenvalue weighted by Crippen LogP contribution is -2.49. The molecule has 37 heavy (non-hydrogen) atoms. The highest BCUT2D eigenvalue weighted by molar-refractivity contribution is 5.92. The van der Waals surface area contributed by atoms with Crippen LogP contribution in [-0.4, -0.2) is 46.0 Å². The third-order valence-electron chi connectivity index (χ3n) is 7.07. The Bertz CT molecular complexity index is 1300. The molecule has 1 unspecified atom stereocenters. The van der Waals surface area contributed by atoms with Crippen molar-refractivity contribution >= 4 is 5.91 Å². The topological polar surface area (TPSA) is 73.9 Å². The molecule has 1 amide bonds. The van der Waals surface area contributed by atoms with Gasteiger partial charge in [-0.3, -0.25) is 4.79 Å². The van der Waals surface area contributed by atoms with E-state index in [0.717, 1.165) is 38.0 Å². The number of nitrogens with one attached hydrogen (secondary N) is 1. The molecule has 1 aliphatic rings. The molecule has 5 rings (SSSR count). The number of benzene rings is 3. The van der Waals surface area contributed by atoms with Crippen LogP contribution in [0, 0.1) is 11.3 Å². The Balaban J connectivity index is 1.24. The first-order valence-corrected chi connectivity index (χ1v) is 12.8. The number of rotatable bonds is 8. The molecule has 186 valence electrons. The number of nitrogens with zero attached hydrogens (tertiary/aromatic N) is 4. The van der Waals surface area contributed by atoms with Crippen LogP contribution in [0.4, 0.5) is 0 Å². The summed E-state index contributed by atoms with van der Waals surface area (Å²) in [6.45, 7) is 3.29. The number of likely N-dealkylation sites (tertiary alicyclic amines) is 1. The zero-order valence-electron chi connectivity index (χ0n) is 20.8. The van der Waals surface area contributed by atoms with Gasteiger partial charge >= 0.3 is 0 Å². The van der Waals surface area contributed by atoms with E-state index in [2.05, 4.69) is 81.9 Å². The van der Waals surface area contributed by atoms with Crippen molar-refractivity contribution in [3.05, 3.63) is 125 Å². The van der Waals surface area contributed by atoms with E-state index < -0.39 is 0 Å². The largest absolute Gasteiger partial charge is 0.347 e. The van der Waals surface area contributed by atoms with Crippen molar-refractivity contribution in [2.24, 2.45) is 0 Å². The Morgan fingerprint density at radius 1 is 1.00 bits per heavy atom. The fraction of sp³-hybridized carbons (Fsp3) is 0.258. The van der Waals surface area contributed by atoms with Crippen LogP contribution < -0.4 is 5.32 Å². The molecule has 1 saturated heterocycles. The van der Waals surface area contributed by atoms with Crippen molar-refractivity contribution in [1.29, 1.82) is 5.26 Å². The number of hydrogen-bond acceptors (Lipinski definition) is 4. The fourth-order valence-electron chi connectivity index (χ4n) is 5.15. The van der Waals surface area contributed by atoms with Crippen LogP contribution in [0.1, 0.15) is 51.5 Å². The number of piperidine rings is 1. The second-order valence-electron chi connectivity index (χ2n) is 9.66. The van der Waals surface area contributed by atoms with E-state index in [-0.39, 0.29) is 17.9 Å². The third-order valence-corrected chi connectivity index (χ3v) is 7.07. The summed E-state index contributed by atoms with van der Waals surface area (Å²) in [5.74, 6) is 0.186. The standard InChI is InChI=1S/C31H31N5O/c32-18-24-13-15-25(16-14-24)20-36-23-33-19-30(36)31(37)34-28-12-7-17-35(21-28)22-29(26-8-3-1-4-9-26)27-10-5-2-6-11-27/h1-6,8-11,13-16,19,23,28-29H,7,12,17,20-22H2,(H,34,37). The van der Waals surface area contributed by atoms with E-state index >= 15 is 0 Å². The van der Waals surface area contributed by atoms with Gasteiger partial charge in [0.05, 0.1) is 24.2 Å². The summed E-state index contributed by atoms with van der Waals surface area (Å²) in [5.41, 5.74) is 4.81. The highest BCUT2D eigenvalue weighted by atomic mass is 16.2. The maximum atomic E-state index is 13.2. The van der Waals surface area contributed by atoms with Crippen LogP contribution in [0.15, 0.2) is 97.5 Å². The molecule has 0 saturated carbocycles. The van der Waals surface area contributed by atoms with Crippen LogP contribution in [-0.2, 0) is 6.54 Å². The Hall–Kier alpha value is -4.21. The van der Waals surface area contributed by atoms with Gasteiger partial charge in [-0.1, -0.05) is 72.8 Å². The third kappa shape index (κ3) is 6.14. The zero-order chi connectivity index (χ0) is 25.5. The predicted molar refractivity (Wildman–Crippen MR) is 144 cm³/mol. The molecule has 6 heteroatoms. The highest BCUT2D eigenvalue weighted by Crippen LogP contribution is 2.27. The van der Waals surface area contributed by atoms with E-state index in [1.165, 1.54) is 11.1 Å². The summed E-state index contributed by atoms with van der Waals surface area (Å²) in [4.78, 5) is 19.9.